The van der Waals surface area contributed by atoms with Gasteiger partial charge in [-0.05, 0) is 17.7 Å². The lowest BCUT2D eigenvalue weighted by molar-refractivity contribution is 0.792. The summed E-state index contributed by atoms with van der Waals surface area (Å²) in [5, 5.41) is 9.53. The van der Waals surface area contributed by atoms with E-state index < -0.39 is 0 Å². The highest BCUT2D eigenvalue weighted by molar-refractivity contribution is 7.99. The Morgan fingerprint density at radius 3 is 2.60 bits per heavy atom. The fourth-order valence-electron chi connectivity index (χ4n) is 2.17. The molecular formula is C14H11N5S. The minimum Gasteiger partial charge on any atom is -0.304 e. The largest absolute Gasteiger partial charge is 0.304 e. The zero-order valence-corrected chi connectivity index (χ0v) is 11.3. The van der Waals surface area contributed by atoms with Crippen LogP contribution in [-0.2, 0) is 0 Å². The monoisotopic (exact) mass is 281 g/mol. The van der Waals surface area contributed by atoms with Gasteiger partial charge in [0.2, 0.25) is 5.16 Å². The zero-order valence-electron chi connectivity index (χ0n) is 10.5. The molecule has 1 atom stereocenters. The maximum atomic E-state index is 4.24. The average molecular weight is 281 g/mol. The summed E-state index contributed by atoms with van der Waals surface area (Å²) >= 11 is 1.67. The Morgan fingerprint density at radius 1 is 1.00 bits per heavy atom. The Morgan fingerprint density at radius 2 is 1.80 bits per heavy atom. The fraction of sp³-hybridized carbons (Fsp3) is 0.0714. The Kier molecular flexibility index (Phi) is 2.67. The number of nitrogens with one attached hydrogen (secondary N) is 1. The van der Waals surface area contributed by atoms with Gasteiger partial charge in [0, 0.05) is 18.0 Å². The summed E-state index contributed by atoms with van der Waals surface area (Å²) in [7, 11) is 0. The summed E-state index contributed by atoms with van der Waals surface area (Å²) in [6, 6.07) is 14.2. The standard InChI is InChI=1S/C14H11N5S/c1-2-4-11(5-3-1)13-18-19-12(16-17-14(19)20-13)10-6-8-15-9-7-10/h1-9,13,18H. The molecule has 1 aliphatic rings. The SMILES string of the molecule is c1ccc(C2Nn3c(nnc3-c3ccncc3)S2)cc1. The first-order valence-electron chi connectivity index (χ1n) is 6.26. The summed E-state index contributed by atoms with van der Waals surface area (Å²) in [6.07, 6.45) is 3.52. The molecule has 1 aliphatic heterocycles. The van der Waals surface area contributed by atoms with Gasteiger partial charge in [-0.1, -0.05) is 42.1 Å². The number of fused-ring (bicyclic) bond motifs is 1. The maximum absolute atomic E-state index is 4.24. The number of nitrogens with zero attached hydrogens (tertiary/aromatic N) is 4. The van der Waals surface area contributed by atoms with Gasteiger partial charge in [0.05, 0.1) is 0 Å². The molecule has 20 heavy (non-hydrogen) atoms. The van der Waals surface area contributed by atoms with Crippen LogP contribution in [0, 0.1) is 0 Å². The maximum Gasteiger partial charge on any atom is 0.212 e. The first-order chi connectivity index (χ1) is 9.92. The summed E-state index contributed by atoms with van der Waals surface area (Å²) in [6.45, 7) is 0. The average Bonchev–Trinajstić information content (AvgIpc) is 3.09. The summed E-state index contributed by atoms with van der Waals surface area (Å²) in [5.41, 5.74) is 5.66. The Balaban J connectivity index is 1.68. The molecule has 0 bridgehead atoms. The molecular weight excluding hydrogens is 270 g/mol. The van der Waals surface area contributed by atoms with Gasteiger partial charge in [-0.25, -0.2) is 4.68 Å². The van der Waals surface area contributed by atoms with Crippen molar-refractivity contribution in [1.29, 1.82) is 0 Å². The molecule has 1 N–H and O–H groups in total. The number of rotatable bonds is 2. The second kappa shape index (κ2) is 4.64. The van der Waals surface area contributed by atoms with Gasteiger partial charge in [-0.3, -0.25) is 4.98 Å². The van der Waals surface area contributed by atoms with Crippen LogP contribution in [0.15, 0.2) is 60.0 Å². The first-order valence-corrected chi connectivity index (χ1v) is 7.14. The number of pyridine rings is 1. The topological polar surface area (TPSA) is 55.6 Å². The predicted octanol–water partition coefficient (Wildman–Crippen LogP) is 2.69. The van der Waals surface area contributed by atoms with Crippen molar-refractivity contribution in [3.8, 4) is 11.4 Å². The highest BCUT2D eigenvalue weighted by Gasteiger charge is 2.27. The molecule has 3 aromatic rings. The lowest BCUT2D eigenvalue weighted by Gasteiger charge is -2.11. The van der Waals surface area contributed by atoms with Crippen molar-refractivity contribution in [3.63, 3.8) is 0 Å². The third kappa shape index (κ3) is 1.85. The van der Waals surface area contributed by atoms with Crippen molar-refractivity contribution in [2.75, 3.05) is 5.43 Å². The van der Waals surface area contributed by atoms with Gasteiger partial charge in [-0.15, -0.1) is 10.2 Å². The lowest BCUT2D eigenvalue weighted by atomic mass is 10.2. The molecule has 0 saturated heterocycles. The van der Waals surface area contributed by atoms with E-state index in [4.69, 9.17) is 0 Å². The van der Waals surface area contributed by atoms with Crippen LogP contribution < -0.4 is 5.43 Å². The van der Waals surface area contributed by atoms with Gasteiger partial charge in [-0.2, -0.15) is 0 Å². The van der Waals surface area contributed by atoms with Gasteiger partial charge in [0.15, 0.2) is 5.82 Å². The molecule has 1 unspecified atom stereocenters. The predicted molar refractivity (Wildman–Crippen MR) is 77.7 cm³/mol. The van der Waals surface area contributed by atoms with Crippen molar-refractivity contribution >= 4 is 11.8 Å². The van der Waals surface area contributed by atoms with Crippen LogP contribution in [0.3, 0.4) is 0 Å². The molecule has 0 aliphatic carbocycles. The van der Waals surface area contributed by atoms with Crippen LogP contribution in [0.5, 0.6) is 0 Å². The molecule has 3 heterocycles. The van der Waals surface area contributed by atoms with Gasteiger partial charge < -0.3 is 5.43 Å². The molecule has 0 fully saturated rings. The van der Waals surface area contributed by atoms with Crippen LogP contribution in [-0.4, -0.2) is 19.9 Å². The van der Waals surface area contributed by atoms with E-state index in [2.05, 4.69) is 32.7 Å². The molecule has 0 spiro atoms. The minimum absolute atomic E-state index is 0.169. The van der Waals surface area contributed by atoms with Crippen LogP contribution in [0.2, 0.25) is 0 Å². The number of benzene rings is 1. The smallest absolute Gasteiger partial charge is 0.212 e. The van der Waals surface area contributed by atoms with Crippen LogP contribution in [0.25, 0.3) is 11.4 Å². The van der Waals surface area contributed by atoms with Gasteiger partial charge >= 0.3 is 0 Å². The van der Waals surface area contributed by atoms with Gasteiger partial charge in [0.1, 0.15) is 5.37 Å². The van der Waals surface area contributed by atoms with Crippen molar-refractivity contribution in [3.05, 3.63) is 60.4 Å². The third-order valence-corrected chi connectivity index (χ3v) is 4.23. The fourth-order valence-corrected chi connectivity index (χ4v) is 3.16. The molecule has 5 nitrogen and oxygen atoms in total. The normalized spacial score (nSPS) is 16.7. The van der Waals surface area contributed by atoms with E-state index >= 15 is 0 Å². The third-order valence-electron chi connectivity index (χ3n) is 3.14. The van der Waals surface area contributed by atoms with Crippen molar-refractivity contribution in [2.24, 2.45) is 0 Å². The molecule has 2 aromatic heterocycles. The molecule has 0 saturated carbocycles. The molecule has 0 amide bonds. The Labute approximate surface area is 120 Å². The molecule has 4 rings (SSSR count). The molecule has 98 valence electrons. The second-order valence-corrected chi connectivity index (χ2v) is 5.49. The minimum atomic E-state index is 0.169. The Bertz CT molecular complexity index is 726. The lowest BCUT2D eigenvalue weighted by Crippen LogP contribution is -2.13. The van der Waals surface area contributed by atoms with Crippen molar-refractivity contribution < 1.29 is 0 Å². The molecule has 1 aromatic carbocycles. The summed E-state index contributed by atoms with van der Waals surface area (Å²) in [5.74, 6) is 0.813. The highest BCUT2D eigenvalue weighted by Crippen LogP contribution is 2.39. The second-order valence-electron chi connectivity index (χ2n) is 4.42. The van der Waals surface area contributed by atoms with Crippen LogP contribution in [0.4, 0.5) is 0 Å². The van der Waals surface area contributed by atoms with E-state index in [1.54, 1.807) is 24.2 Å². The zero-order chi connectivity index (χ0) is 13.4. The summed E-state index contributed by atoms with van der Waals surface area (Å²) in [4.78, 5) is 4.03. The number of hydrogen-bond donors (Lipinski definition) is 1. The van der Waals surface area contributed by atoms with Crippen molar-refractivity contribution in [2.45, 2.75) is 10.5 Å². The summed E-state index contributed by atoms with van der Waals surface area (Å²) < 4.78 is 1.94. The van der Waals surface area contributed by atoms with Crippen LogP contribution >= 0.6 is 11.8 Å². The number of aromatic nitrogens is 4. The number of hydrogen-bond acceptors (Lipinski definition) is 5. The van der Waals surface area contributed by atoms with E-state index in [0.29, 0.717) is 0 Å². The first kappa shape index (κ1) is 11.5. The quantitative estimate of drug-likeness (QED) is 0.782. The Hall–Kier alpha value is -2.34. The van der Waals surface area contributed by atoms with E-state index in [1.165, 1.54) is 5.56 Å². The van der Waals surface area contributed by atoms with Crippen LogP contribution in [0.1, 0.15) is 10.9 Å². The van der Waals surface area contributed by atoms with E-state index in [-0.39, 0.29) is 5.37 Å². The molecule has 0 radical (unpaired) electrons. The van der Waals surface area contributed by atoms with Gasteiger partial charge in [0.25, 0.3) is 0 Å². The molecule has 6 heteroatoms. The number of thioether (sulfide) groups is 1. The van der Waals surface area contributed by atoms with E-state index in [1.807, 2.05) is 35.0 Å². The van der Waals surface area contributed by atoms with E-state index in [0.717, 1.165) is 16.5 Å². The van der Waals surface area contributed by atoms with E-state index in [9.17, 15) is 0 Å². The van der Waals surface area contributed by atoms with Crippen molar-refractivity contribution in [1.82, 2.24) is 19.9 Å². The highest BCUT2D eigenvalue weighted by atomic mass is 32.2.